The quantitative estimate of drug-likeness (QED) is 0.865. The zero-order chi connectivity index (χ0) is 19.2. The highest BCUT2D eigenvalue weighted by Gasteiger charge is 2.24. The van der Waals surface area contributed by atoms with Crippen molar-refractivity contribution in [2.24, 2.45) is 4.99 Å². The summed E-state index contributed by atoms with van der Waals surface area (Å²) in [5.41, 5.74) is 3.44. The van der Waals surface area contributed by atoms with Gasteiger partial charge < -0.3 is 14.6 Å². The van der Waals surface area contributed by atoms with Crippen LogP contribution in [-0.4, -0.2) is 53.5 Å². The third-order valence-electron chi connectivity index (χ3n) is 5.04. The molecule has 0 radical (unpaired) electrons. The number of rotatable bonds is 2. The Morgan fingerprint density at radius 2 is 1.81 bits per heavy atom. The number of oxazole rings is 1. The summed E-state index contributed by atoms with van der Waals surface area (Å²) in [7, 11) is 0. The van der Waals surface area contributed by atoms with E-state index in [-0.39, 0.29) is 0 Å². The Balaban J connectivity index is 0.00000102. The fraction of sp³-hybridized carbons (Fsp3) is 0.524. The van der Waals surface area contributed by atoms with Crippen molar-refractivity contribution >= 4 is 18.0 Å². The molecule has 6 heteroatoms. The summed E-state index contributed by atoms with van der Waals surface area (Å²) < 4.78 is 5.92. The lowest BCUT2D eigenvalue weighted by Gasteiger charge is -2.37. The van der Waals surface area contributed by atoms with Crippen molar-refractivity contribution in [3.05, 3.63) is 40.8 Å². The van der Waals surface area contributed by atoms with Crippen molar-refractivity contribution in [3.63, 3.8) is 0 Å². The van der Waals surface area contributed by atoms with Gasteiger partial charge in [-0.05, 0) is 32.4 Å². The molecule has 0 amide bonds. The zero-order valence-corrected chi connectivity index (χ0v) is 17.0. The summed E-state index contributed by atoms with van der Waals surface area (Å²) in [6, 6.07) is 0. The minimum absolute atomic E-state index is 0.682. The first-order valence-electron chi connectivity index (χ1n) is 9.97. The Labute approximate surface area is 162 Å². The van der Waals surface area contributed by atoms with Gasteiger partial charge in [0.2, 0.25) is 5.89 Å². The van der Waals surface area contributed by atoms with Gasteiger partial charge in [0, 0.05) is 37.4 Å². The average molecular weight is 370 g/mol. The summed E-state index contributed by atoms with van der Waals surface area (Å²) >= 11 is 0. The minimum Gasteiger partial charge on any atom is -0.439 e. The van der Waals surface area contributed by atoms with Gasteiger partial charge in [-0.15, -0.1) is 0 Å². The molecule has 3 aliphatic rings. The van der Waals surface area contributed by atoms with Gasteiger partial charge in [-0.25, -0.2) is 9.98 Å². The van der Waals surface area contributed by atoms with Crippen molar-refractivity contribution in [1.29, 1.82) is 0 Å². The first-order valence-corrected chi connectivity index (χ1v) is 9.97. The number of nitrogens with zero attached hydrogens (tertiary/aromatic N) is 4. The molecule has 2 aliphatic heterocycles. The van der Waals surface area contributed by atoms with Crippen LogP contribution in [0.3, 0.4) is 0 Å². The minimum atomic E-state index is 0.682. The van der Waals surface area contributed by atoms with Gasteiger partial charge in [0.25, 0.3) is 0 Å². The van der Waals surface area contributed by atoms with Gasteiger partial charge in [-0.2, -0.15) is 0 Å². The van der Waals surface area contributed by atoms with Crippen LogP contribution in [0.1, 0.15) is 51.5 Å². The van der Waals surface area contributed by atoms with Gasteiger partial charge in [0.1, 0.15) is 18.2 Å². The molecule has 27 heavy (non-hydrogen) atoms. The molecule has 1 fully saturated rings. The van der Waals surface area contributed by atoms with Crippen LogP contribution in [0, 0.1) is 0 Å². The van der Waals surface area contributed by atoms with Crippen LogP contribution < -0.4 is 5.32 Å². The number of nitrogens with one attached hydrogen (secondary N) is 1. The Hall–Kier alpha value is -2.34. The lowest BCUT2D eigenvalue weighted by Crippen LogP contribution is -2.49. The molecule has 0 spiro atoms. The van der Waals surface area contributed by atoms with Crippen LogP contribution in [-0.2, 0) is 6.54 Å². The van der Waals surface area contributed by atoms with Gasteiger partial charge in [-0.3, -0.25) is 4.90 Å². The van der Waals surface area contributed by atoms with Crippen molar-refractivity contribution in [1.82, 2.24) is 20.1 Å². The predicted octanol–water partition coefficient (Wildman–Crippen LogP) is 3.50. The van der Waals surface area contributed by atoms with Gasteiger partial charge >= 0.3 is 0 Å². The van der Waals surface area contributed by atoms with E-state index in [9.17, 15) is 0 Å². The van der Waals surface area contributed by atoms with Crippen molar-refractivity contribution in [3.8, 4) is 0 Å². The van der Waals surface area contributed by atoms with Gasteiger partial charge in [0.05, 0.1) is 6.54 Å². The Bertz CT molecular complexity index is 734. The summed E-state index contributed by atoms with van der Waals surface area (Å²) in [6.07, 6.45) is 9.23. The first kappa shape index (κ1) is 19.4. The van der Waals surface area contributed by atoms with Gasteiger partial charge in [-0.1, -0.05) is 26.0 Å². The maximum Gasteiger partial charge on any atom is 0.209 e. The van der Waals surface area contributed by atoms with Crippen LogP contribution in [0.4, 0.5) is 0 Å². The Kier molecular flexibility index (Phi) is 6.50. The molecular weight excluding hydrogens is 338 g/mol. The maximum atomic E-state index is 5.92. The molecule has 1 aliphatic carbocycles. The molecule has 1 aromatic heterocycles. The van der Waals surface area contributed by atoms with E-state index in [1.807, 2.05) is 26.0 Å². The fourth-order valence-corrected chi connectivity index (χ4v) is 3.43. The molecule has 1 N–H and O–H groups in total. The Morgan fingerprint density at radius 1 is 1.07 bits per heavy atom. The highest BCUT2D eigenvalue weighted by Crippen LogP contribution is 2.20. The molecule has 0 unspecified atom stereocenters. The molecule has 6 nitrogen and oxygen atoms in total. The molecule has 146 valence electrons. The monoisotopic (exact) mass is 369 g/mol. The van der Waals surface area contributed by atoms with E-state index in [2.05, 4.69) is 51.1 Å². The topological polar surface area (TPSA) is 56.9 Å². The van der Waals surface area contributed by atoms with Crippen molar-refractivity contribution in [2.75, 3.05) is 32.8 Å². The van der Waals surface area contributed by atoms with E-state index in [0.29, 0.717) is 6.67 Å². The second-order valence-electron chi connectivity index (χ2n) is 6.73. The van der Waals surface area contributed by atoms with Crippen LogP contribution in [0.2, 0.25) is 0 Å². The number of fused-ring (bicyclic) bond motifs is 1. The van der Waals surface area contributed by atoms with Crippen LogP contribution >= 0.6 is 0 Å². The zero-order valence-electron chi connectivity index (χ0n) is 17.0. The van der Waals surface area contributed by atoms with Gasteiger partial charge in [0.15, 0.2) is 5.76 Å². The van der Waals surface area contributed by atoms with E-state index in [0.717, 1.165) is 62.3 Å². The molecule has 1 aromatic rings. The number of piperazine rings is 1. The number of aromatic nitrogens is 1. The lowest BCUT2D eigenvalue weighted by atomic mass is 10.1. The molecule has 1 saturated heterocycles. The maximum absolute atomic E-state index is 5.92. The number of hydrogen-bond acceptors (Lipinski definition) is 6. The van der Waals surface area contributed by atoms with Crippen molar-refractivity contribution < 1.29 is 4.42 Å². The number of amidine groups is 1. The van der Waals surface area contributed by atoms with Crippen LogP contribution in [0.15, 0.2) is 32.8 Å². The molecule has 0 atom stereocenters. The predicted molar refractivity (Wildman–Crippen MR) is 111 cm³/mol. The molecule has 4 rings (SSSR count). The largest absolute Gasteiger partial charge is 0.439 e. The lowest BCUT2D eigenvalue weighted by molar-refractivity contribution is 0.162. The molecule has 0 aromatic carbocycles. The van der Waals surface area contributed by atoms with E-state index in [1.54, 1.807) is 0 Å². The Morgan fingerprint density at radius 3 is 2.59 bits per heavy atom. The summed E-state index contributed by atoms with van der Waals surface area (Å²) in [5, 5.41) is 3.29. The summed E-state index contributed by atoms with van der Waals surface area (Å²) in [6.45, 7) is 13.7. The highest BCUT2D eigenvalue weighted by atomic mass is 16.4. The normalized spacial score (nSPS) is 19.7. The average Bonchev–Trinajstić information content (AvgIpc) is 2.94. The van der Waals surface area contributed by atoms with Crippen LogP contribution in [0.5, 0.6) is 0 Å². The van der Waals surface area contributed by atoms with E-state index in [1.165, 1.54) is 11.3 Å². The first-order chi connectivity index (χ1) is 13.2. The van der Waals surface area contributed by atoms with Crippen molar-refractivity contribution in [2.45, 2.75) is 40.7 Å². The second-order valence-corrected chi connectivity index (χ2v) is 6.73. The van der Waals surface area contributed by atoms with E-state index < -0.39 is 0 Å². The smallest absolute Gasteiger partial charge is 0.209 e. The molecule has 3 heterocycles. The molecule has 0 bridgehead atoms. The SMILES string of the molecule is CC.CC1=C(C)C(N2CCN(Cc3nc4c(o3)C=CCC=C4)CC2)=NCN1. The standard InChI is InChI=1S/C19H25N5O.C2H6/c1-14-15(2)20-13-21-19(14)24-10-8-23(9-11-24)12-18-22-16-6-4-3-5-7-17(16)25-18;1-2/h4-7,20H,3,8-13H2,1-2H3;1-2H3. The van der Waals surface area contributed by atoms with Crippen LogP contribution in [0.25, 0.3) is 12.2 Å². The fourth-order valence-electron chi connectivity index (χ4n) is 3.43. The highest BCUT2D eigenvalue weighted by molar-refractivity contribution is 5.99. The third-order valence-corrected chi connectivity index (χ3v) is 5.04. The third kappa shape index (κ3) is 4.50. The number of allylic oxidation sites excluding steroid dienone is 3. The number of hydrogen-bond donors (Lipinski definition) is 1. The van der Waals surface area contributed by atoms with E-state index in [4.69, 9.17) is 4.42 Å². The van der Waals surface area contributed by atoms with E-state index >= 15 is 0 Å². The summed E-state index contributed by atoms with van der Waals surface area (Å²) in [5.74, 6) is 2.83. The molecule has 0 saturated carbocycles. The second kappa shape index (κ2) is 9.04. The molecular formula is C21H31N5O. The number of aliphatic imine (C=N–C) groups is 1. The summed E-state index contributed by atoms with van der Waals surface area (Å²) in [4.78, 5) is 14.1.